The van der Waals surface area contributed by atoms with E-state index >= 15 is 0 Å². The number of amides is 2. The Labute approximate surface area is 462 Å². The van der Waals surface area contributed by atoms with E-state index in [4.69, 9.17) is 52.0 Å². The number of nitrogens with one attached hydrogen (secondary N) is 2. The molecule has 412 valence electrons. The molecule has 0 unspecified atom stereocenters. The Hall–Kier alpha value is -7.57. The average molecular weight is 1110 g/mol. The van der Waals surface area contributed by atoms with Gasteiger partial charge in [0.25, 0.3) is 5.91 Å². The number of alkyl halides is 2. The zero-order chi connectivity index (χ0) is 56.2. The molecule has 19 heteroatoms. The van der Waals surface area contributed by atoms with E-state index in [1.54, 1.807) is 54.4 Å². The lowest BCUT2D eigenvalue weighted by Gasteiger charge is -2.25. The van der Waals surface area contributed by atoms with Crippen molar-refractivity contribution in [1.29, 1.82) is 0 Å². The van der Waals surface area contributed by atoms with Gasteiger partial charge in [0, 0.05) is 101 Å². The van der Waals surface area contributed by atoms with Gasteiger partial charge in [-0.2, -0.15) is 0 Å². The fraction of sp³-hybridized carbons (Fsp3) is 0.339. The van der Waals surface area contributed by atoms with Crippen LogP contribution in [0.3, 0.4) is 0 Å². The Bertz CT molecular complexity index is 3500. The predicted octanol–water partition coefficient (Wildman–Crippen LogP) is 11.4. The standard InChI is InChI=1S/C27H28ClN3O4.C18H20ClNO3.C14H18N2O4/c1-30(2)8-9-35-25-11-16-10-21(29-20(16)12-24(25)34-3)27(33)31-15-17(14-28)26-19-7-5-4-6-18(19)23(32)13-22(26)31;1-18(2,3)23-17(22)20-10-11(9-19)16-13-7-5-4-6-12(13)15(21)8-14(16)20;1-16(2)4-5-20-13-7-9-6-11(14(17)18)15-10(9)8-12(13)19-3/h4-7,10-13,17,29,32H,8-9,14-15H2,1-3H3;4-8,11,21H,9-10H2,1-3H3;6-8,15H,4-5H2,1-3H3,(H,17,18)/t17-;11-;/m11./s1. The summed E-state index contributed by atoms with van der Waals surface area (Å²) in [5.41, 5.74) is 4.87. The smallest absolute Gasteiger partial charge is 0.414 e. The number of phenols is 2. The number of ether oxygens (including phenoxy) is 5. The number of nitrogens with zero attached hydrogens (tertiary/aromatic N) is 4. The van der Waals surface area contributed by atoms with E-state index in [0.29, 0.717) is 83.6 Å². The first-order chi connectivity index (χ1) is 37.2. The summed E-state index contributed by atoms with van der Waals surface area (Å²) in [4.78, 5) is 50.5. The van der Waals surface area contributed by atoms with Crippen LogP contribution in [-0.2, 0) is 4.74 Å². The minimum Gasteiger partial charge on any atom is -0.507 e. The molecule has 0 spiro atoms. The summed E-state index contributed by atoms with van der Waals surface area (Å²) in [6, 6.07) is 29.2. The number of fused-ring (bicyclic) bond motifs is 8. The van der Waals surface area contributed by atoms with E-state index in [2.05, 4.69) is 9.97 Å². The number of anilines is 2. The SMILES string of the molecule is CC(C)(C)OC(=O)N1C[C@@H](CCl)c2c1cc(O)c1ccccc21.COc1cc2[nH]c(C(=O)N3C[C@@H](CCl)c4c3cc(O)c3ccccc43)cc2cc1OCCN(C)C.COc1cc2[nH]c(C(=O)O)cc2cc1OCCN(C)C. The van der Waals surface area contributed by atoms with Crippen LogP contribution in [0.1, 0.15) is 64.7 Å². The Kier molecular flexibility index (Phi) is 17.4. The number of carbonyl (C=O) groups is 3. The second kappa shape index (κ2) is 24.0. The zero-order valence-corrected chi connectivity index (χ0v) is 46.7. The van der Waals surface area contributed by atoms with E-state index in [-0.39, 0.29) is 34.9 Å². The number of hydrogen-bond donors (Lipinski definition) is 5. The van der Waals surface area contributed by atoms with Gasteiger partial charge in [-0.25, -0.2) is 9.59 Å². The molecule has 0 fully saturated rings. The van der Waals surface area contributed by atoms with Crippen molar-refractivity contribution in [3.63, 3.8) is 0 Å². The number of phenolic OH excluding ortho intramolecular Hbond substituents is 2. The highest BCUT2D eigenvalue weighted by atomic mass is 35.5. The highest BCUT2D eigenvalue weighted by Gasteiger charge is 2.38. The highest BCUT2D eigenvalue weighted by Crippen LogP contribution is 2.47. The molecule has 17 nitrogen and oxygen atoms in total. The number of hydrogen-bond acceptors (Lipinski definition) is 12. The number of rotatable bonds is 14. The van der Waals surface area contributed by atoms with E-state index in [0.717, 1.165) is 62.1 Å². The van der Waals surface area contributed by atoms with Crippen molar-refractivity contribution >= 4 is 95.9 Å². The van der Waals surface area contributed by atoms with Crippen molar-refractivity contribution in [3.8, 4) is 34.5 Å². The lowest BCUT2D eigenvalue weighted by molar-refractivity contribution is 0.0581. The van der Waals surface area contributed by atoms with Gasteiger partial charge in [-0.05, 0) is 95.1 Å². The van der Waals surface area contributed by atoms with Gasteiger partial charge in [-0.3, -0.25) is 9.69 Å². The number of methoxy groups -OCH3 is 2. The van der Waals surface area contributed by atoms with Crippen molar-refractivity contribution in [2.45, 2.75) is 38.2 Å². The van der Waals surface area contributed by atoms with Crippen LogP contribution in [0.5, 0.6) is 34.5 Å². The molecule has 2 aliphatic rings. The van der Waals surface area contributed by atoms with Crippen molar-refractivity contribution in [2.24, 2.45) is 0 Å². The van der Waals surface area contributed by atoms with Crippen LogP contribution in [0, 0.1) is 0 Å². The molecule has 78 heavy (non-hydrogen) atoms. The van der Waals surface area contributed by atoms with Crippen LogP contribution in [0.2, 0.25) is 0 Å². The van der Waals surface area contributed by atoms with Crippen molar-refractivity contribution in [3.05, 3.63) is 120 Å². The molecule has 6 aromatic carbocycles. The quantitative estimate of drug-likeness (QED) is 0.0644. The first kappa shape index (κ1) is 56.6. The first-order valence-electron chi connectivity index (χ1n) is 25.4. The maximum Gasteiger partial charge on any atom is 0.414 e. The minimum absolute atomic E-state index is 0.0182. The lowest BCUT2D eigenvalue weighted by atomic mass is 9.95. The minimum atomic E-state index is -0.991. The number of carboxylic acid groups (broad SMARTS) is 1. The van der Waals surface area contributed by atoms with Crippen LogP contribution >= 0.6 is 23.2 Å². The van der Waals surface area contributed by atoms with Crippen LogP contribution in [-0.4, -0.2) is 152 Å². The van der Waals surface area contributed by atoms with Crippen molar-refractivity contribution in [2.75, 3.05) is 103 Å². The van der Waals surface area contributed by atoms with Gasteiger partial charge in [-0.15, -0.1) is 23.2 Å². The van der Waals surface area contributed by atoms with E-state index in [9.17, 15) is 24.6 Å². The van der Waals surface area contributed by atoms with E-state index in [1.165, 1.54) is 0 Å². The summed E-state index contributed by atoms with van der Waals surface area (Å²) in [5.74, 6) is 2.32. The largest absolute Gasteiger partial charge is 0.507 e. The predicted molar refractivity (Wildman–Crippen MR) is 308 cm³/mol. The number of aromatic carboxylic acids is 1. The number of H-pyrrole nitrogens is 2. The molecule has 2 aliphatic heterocycles. The van der Waals surface area contributed by atoms with Gasteiger partial charge in [0.05, 0.1) is 31.1 Å². The fourth-order valence-electron chi connectivity index (χ4n) is 9.66. The second-order valence-corrected chi connectivity index (χ2v) is 21.2. The number of carbonyl (C=O) groups excluding carboxylic acids is 2. The summed E-state index contributed by atoms with van der Waals surface area (Å²) < 4.78 is 27.9. The van der Waals surface area contributed by atoms with Crippen LogP contribution in [0.4, 0.5) is 16.2 Å². The summed E-state index contributed by atoms with van der Waals surface area (Å²) >= 11 is 12.5. The third-order valence-corrected chi connectivity index (χ3v) is 14.1. The lowest BCUT2D eigenvalue weighted by Crippen LogP contribution is -2.36. The molecule has 10 rings (SSSR count). The molecular formula is C59H66Cl2N6O11. The van der Waals surface area contributed by atoms with Crippen molar-refractivity contribution < 1.29 is 53.4 Å². The third-order valence-electron chi connectivity index (χ3n) is 13.4. The third kappa shape index (κ3) is 12.2. The Morgan fingerprint density at radius 1 is 0.615 bits per heavy atom. The molecule has 0 aliphatic carbocycles. The molecule has 0 saturated heterocycles. The normalized spacial score (nSPS) is 14.8. The highest BCUT2D eigenvalue weighted by molar-refractivity contribution is 6.20. The van der Waals surface area contributed by atoms with E-state index in [1.807, 2.05) is 125 Å². The molecule has 5 N–H and O–H groups in total. The Morgan fingerprint density at radius 3 is 1.46 bits per heavy atom. The van der Waals surface area contributed by atoms with Gasteiger partial charge >= 0.3 is 12.1 Å². The molecular weight excluding hydrogens is 1040 g/mol. The van der Waals surface area contributed by atoms with Gasteiger partial charge in [-0.1, -0.05) is 48.5 Å². The molecule has 4 heterocycles. The summed E-state index contributed by atoms with van der Waals surface area (Å²) in [5, 5.41) is 35.0. The first-order valence-corrected chi connectivity index (χ1v) is 26.4. The van der Waals surface area contributed by atoms with Gasteiger partial charge < -0.3 is 63.7 Å². The monoisotopic (exact) mass is 1100 g/mol. The molecule has 2 amide bonds. The van der Waals surface area contributed by atoms with Gasteiger partial charge in [0.2, 0.25) is 0 Å². The number of benzene rings is 6. The van der Waals surface area contributed by atoms with Crippen molar-refractivity contribution in [1.82, 2.24) is 19.8 Å². The Morgan fingerprint density at radius 2 is 1.04 bits per heavy atom. The topological polar surface area (TPSA) is 203 Å². The number of likely N-dealkylation sites (N-methyl/N-ethyl adjacent to an activating group) is 2. The number of halogens is 2. The van der Waals surface area contributed by atoms with E-state index < -0.39 is 17.7 Å². The summed E-state index contributed by atoms with van der Waals surface area (Å²) in [6.45, 7) is 9.02. The fourth-order valence-corrected chi connectivity index (χ4v) is 10.2. The molecule has 2 atom stereocenters. The molecule has 0 bridgehead atoms. The molecule has 0 radical (unpaired) electrons. The molecule has 2 aromatic heterocycles. The number of aromatic nitrogens is 2. The maximum atomic E-state index is 13.7. The van der Waals surface area contributed by atoms with Crippen LogP contribution in [0.25, 0.3) is 43.4 Å². The summed E-state index contributed by atoms with van der Waals surface area (Å²) in [7, 11) is 11.1. The number of aromatic hydroxyl groups is 2. The molecule has 0 saturated carbocycles. The zero-order valence-electron chi connectivity index (χ0n) is 45.2. The Balaban J connectivity index is 0.000000163. The summed E-state index contributed by atoms with van der Waals surface area (Å²) in [6.07, 6.45) is -0.416. The van der Waals surface area contributed by atoms with Crippen LogP contribution in [0.15, 0.2) is 97.1 Å². The number of aromatic amines is 2. The van der Waals surface area contributed by atoms with Gasteiger partial charge in [0.15, 0.2) is 23.0 Å². The maximum absolute atomic E-state index is 13.7. The second-order valence-electron chi connectivity index (χ2n) is 20.6. The molecule has 8 aromatic rings. The van der Waals surface area contributed by atoms with Gasteiger partial charge in [0.1, 0.15) is 41.7 Å². The van der Waals surface area contributed by atoms with Crippen LogP contribution < -0.4 is 28.7 Å². The average Bonchev–Trinajstić information content (AvgIpc) is 4.40. The number of carboxylic acids is 1.